The molecule has 2 aliphatic rings. The van der Waals surface area contributed by atoms with Crippen molar-refractivity contribution >= 4 is 5.91 Å². The summed E-state index contributed by atoms with van der Waals surface area (Å²) in [6.45, 7) is 8.33. The number of nitrogens with one attached hydrogen (secondary N) is 1. The van der Waals surface area contributed by atoms with E-state index in [1.54, 1.807) is 0 Å². The Hall–Kier alpha value is -2.17. The molecular weight excluding hydrogens is 372 g/mol. The van der Waals surface area contributed by atoms with Crippen molar-refractivity contribution in [2.24, 2.45) is 0 Å². The highest BCUT2D eigenvalue weighted by Crippen LogP contribution is 2.36. The van der Waals surface area contributed by atoms with Crippen LogP contribution in [0.3, 0.4) is 0 Å². The Morgan fingerprint density at radius 2 is 1.73 bits per heavy atom. The van der Waals surface area contributed by atoms with E-state index in [1.807, 2.05) is 0 Å². The number of likely N-dealkylation sites (tertiary alicyclic amines) is 1. The Balaban J connectivity index is 1.55. The van der Waals surface area contributed by atoms with E-state index in [-0.39, 0.29) is 11.9 Å². The zero-order valence-corrected chi connectivity index (χ0v) is 18.3. The lowest BCUT2D eigenvalue weighted by Gasteiger charge is -2.37. The van der Waals surface area contributed by atoms with Crippen LogP contribution in [0.1, 0.15) is 54.0 Å². The van der Waals surface area contributed by atoms with Gasteiger partial charge in [0.2, 0.25) is 5.91 Å². The van der Waals surface area contributed by atoms with Gasteiger partial charge in [-0.3, -0.25) is 9.69 Å². The fourth-order valence-corrected chi connectivity index (χ4v) is 4.97. The van der Waals surface area contributed by atoms with E-state index in [9.17, 15) is 4.79 Å². The third-order valence-electron chi connectivity index (χ3n) is 6.85. The van der Waals surface area contributed by atoms with E-state index < -0.39 is 5.41 Å². The Bertz CT molecular complexity index is 850. The predicted octanol–water partition coefficient (Wildman–Crippen LogP) is 4.30. The highest BCUT2D eigenvalue weighted by Gasteiger charge is 2.42. The third-order valence-corrected chi connectivity index (χ3v) is 6.85. The molecule has 0 bridgehead atoms. The first kappa shape index (κ1) is 21.1. The van der Waals surface area contributed by atoms with Crippen LogP contribution in [-0.4, -0.2) is 43.7 Å². The zero-order valence-electron chi connectivity index (χ0n) is 18.3. The molecule has 0 aromatic heterocycles. The normalized spacial score (nSPS) is 20.1. The lowest BCUT2D eigenvalue weighted by molar-refractivity contribution is -0.130. The number of carbonyl (C=O) groups is 1. The van der Waals surface area contributed by atoms with E-state index in [4.69, 9.17) is 4.74 Å². The summed E-state index contributed by atoms with van der Waals surface area (Å²) in [4.78, 5) is 16.2. The summed E-state index contributed by atoms with van der Waals surface area (Å²) < 4.78 is 5.63. The van der Waals surface area contributed by atoms with Crippen LogP contribution in [0.25, 0.3) is 0 Å². The summed E-state index contributed by atoms with van der Waals surface area (Å²) in [6, 6.07) is 17.4. The number of carbonyl (C=O) groups excluding carboxylic acids is 1. The van der Waals surface area contributed by atoms with Crippen molar-refractivity contribution < 1.29 is 9.53 Å². The minimum Gasteiger partial charge on any atom is -0.381 e. The van der Waals surface area contributed by atoms with Gasteiger partial charge in [0, 0.05) is 19.8 Å². The molecule has 4 nitrogen and oxygen atoms in total. The Morgan fingerprint density at radius 1 is 1.03 bits per heavy atom. The zero-order chi connectivity index (χ0) is 21.0. The maximum Gasteiger partial charge on any atom is 0.230 e. The van der Waals surface area contributed by atoms with Crippen LogP contribution in [0, 0.1) is 13.8 Å². The van der Waals surface area contributed by atoms with Crippen molar-refractivity contribution in [2.75, 3.05) is 32.8 Å². The van der Waals surface area contributed by atoms with Gasteiger partial charge in [0.25, 0.3) is 0 Å². The number of aryl methyl sites for hydroxylation is 2. The Labute approximate surface area is 180 Å². The summed E-state index contributed by atoms with van der Waals surface area (Å²) in [7, 11) is 0. The number of hydrogen-bond donors (Lipinski definition) is 1. The van der Waals surface area contributed by atoms with Crippen LogP contribution in [0.4, 0.5) is 0 Å². The second-order valence-corrected chi connectivity index (χ2v) is 8.94. The summed E-state index contributed by atoms with van der Waals surface area (Å²) in [6.07, 6.45) is 3.95. The van der Waals surface area contributed by atoms with Crippen LogP contribution < -0.4 is 5.32 Å². The third kappa shape index (κ3) is 4.45. The molecule has 160 valence electrons. The minimum atomic E-state index is -0.493. The molecule has 30 heavy (non-hydrogen) atoms. The largest absolute Gasteiger partial charge is 0.381 e. The maximum absolute atomic E-state index is 13.7. The first-order chi connectivity index (χ1) is 14.6. The lowest BCUT2D eigenvalue weighted by Crippen LogP contribution is -2.50. The van der Waals surface area contributed by atoms with Crippen molar-refractivity contribution in [1.29, 1.82) is 0 Å². The van der Waals surface area contributed by atoms with Gasteiger partial charge in [0.1, 0.15) is 0 Å². The van der Waals surface area contributed by atoms with Crippen LogP contribution in [0.2, 0.25) is 0 Å². The second-order valence-electron chi connectivity index (χ2n) is 8.94. The first-order valence-electron chi connectivity index (χ1n) is 11.3. The van der Waals surface area contributed by atoms with Gasteiger partial charge in [-0.05, 0) is 63.7 Å². The molecule has 4 rings (SSSR count). The summed E-state index contributed by atoms with van der Waals surface area (Å²) in [5.41, 5.74) is 4.38. The maximum atomic E-state index is 13.7. The standard InChI is InChI=1S/C26H34N2O2/c1-20-8-10-22(11-9-20)24(28-14-3-4-15-28)19-27-25(29)26(12-16-30-17-13-26)23-7-5-6-21(2)18-23/h5-11,18,24H,3-4,12-17,19H2,1-2H3,(H,27,29)/t24-/m0/s1. The van der Waals surface area contributed by atoms with Gasteiger partial charge in [-0.2, -0.15) is 0 Å². The quantitative estimate of drug-likeness (QED) is 0.777. The second kappa shape index (κ2) is 9.32. The van der Waals surface area contributed by atoms with Gasteiger partial charge >= 0.3 is 0 Å². The van der Waals surface area contributed by atoms with Crippen LogP contribution >= 0.6 is 0 Å². The van der Waals surface area contributed by atoms with E-state index in [0.717, 1.165) is 31.5 Å². The lowest BCUT2D eigenvalue weighted by atomic mass is 9.73. The smallest absolute Gasteiger partial charge is 0.230 e. The molecule has 1 atom stereocenters. The van der Waals surface area contributed by atoms with Gasteiger partial charge in [-0.1, -0.05) is 59.7 Å². The molecule has 0 spiro atoms. The summed E-state index contributed by atoms with van der Waals surface area (Å²) in [5, 5.41) is 3.37. The van der Waals surface area contributed by atoms with Crippen molar-refractivity contribution in [2.45, 2.75) is 51.0 Å². The van der Waals surface area contributed by atoms with E-state index in [2.05, 4.69) is 72.6 Å². The molecule has 0 radical (unpaired) electrons. The molecule has 0 aliphatic carbocycles. The van der Waals surface area contributed by atoms with E-state index in [0.29, 0.717) is 19.8 Å². The van der Waals surface area contributed by atoms with Gasteiger partial charge in [0.05, 0.1) is 11.5 Å². The average molecular weight is 407 g/mol. The topological polar surface area (TPSA) is 41.6 Å². The molecule has 2 aliphatic heterocycles. The first-order valence-corrected chi connectivity index (χ1v) is 11.3. The Morgan fingerprint density at radius 3 is 2.40 bits per heavy atom. The molecule has 2 aromatic carbocycles. The van der Waals surface area contributed by atoms with E-state index >= 15 is 0 Å². The van der Waals surface area contributed by atoms with Gasteiger partial charge in [-0.15, -0.1) is 0 Å². The Kier molecular flexibility index (Phi) is 6.55. The molecule has 2 fully saturated rings. The number of nitrogens with zero attached hydrogens (tertiary/aromatic N) is 1. The summed E-state index contributed by atoms with van der Waals surface area (Å²) >= 11 is 0. The molecule has 4 heteroatoms. The summed E-state index contributed by atoms with van der Waals surface area (Å²) in [5.74, 6) is 0.146. The molecule has 0 unspecified atom stereocenters. The highest BCUT2D eigenvalue weighted by molar-refractivity contribution is 5.88. The van der Waals surface area contributed by atoms with Crippen LogP contribution in [-0.2, 0) is 14.9 Å². The highest BCUT2D eigenvalue weighted by atomic mass is 16.5. The predicted molar refractivity (Wildman–Crippen MR) is 121 cm³/mol. The molecule has 1 amide bonds. The van der Waals surface area contributed by atoms with Crippen LogP contribution in [0.5, 0.6) is 0 Å². The number of benzene rings is 2. The number of hydrogen-bond acceptors (Lipinski definition) is 3. The van der Waals surface area contributed by atoms with Crippen LogP contribution in [0.15, 0.2) is 48.5 Å². The molecule has 0 saturated carbocycles. The SMILES string of the molecule is Cc1ccc([C@H](CNC(=O)C2(c3cccc(C)c3)CCOCC2)N2CCCC2)cc1. The van der Waals surface area contributed by atoms with Crippen molar-refractivity contribution in [3.8, 4) is 0 Å². The number of ether oxygens (including phenoxy) is 1. The monoisotopic (exact) mass is 406 g/mol. The molecule has 2 aromatic rings. The van der Waals surface area contributed by atoms with E-state index in [1.165, 1.54) is 29.5 Å². The fraction of sp³-hybridized carbons (Fsp3) is 0.500. The van der Waals surface area contributed by atoms with Crippen molar-refractivity contribution in [1.82, 2.24) is 10.2 Å². The fourth-order valence-electron chi connectivity index (χ4n) is 4.97. The van der Waals surface area contributed by atoms with Crippen molar-refractivity contribution in [3.63, 3.8) is 0 Å². The molecular formula is C26H34N2O2. The van der Waals surface area contributed by atoms with Crippen molar-refractivity contribution in [3.05, 3.63) is 70.8 Å². The average Bonchev–Trinajstić information content (AvgIpc) is 3.30. The molecule has 1 N–H and O–H groups in total. The van der Waals surface area contributed by atoms with Gasteiger partial charge < -0.3 is 10.1 Å². The van der Waals surface area contributed by atoms with Gasteiger partial charge in [-0.25, -0.2) is 0 Å². The molecule has 2 saturated heterocycles. The number of rotatable bonds is 6. The number of amides is 1. The van der Waals surface area contributed by atoms with Gasteiger partial charge in [0.15, 0.2) is 0 Å². The molecule has 2 heterocycles. The minimum absolute atomic E-state index is 0.146.